The molecular formula is C19H23N3. The molecule has 0 fully saturated rings. The molecule has 1 aliphatic rings. The largest absolute Gasteiger partial charge is 0.371 e. The number of hydrogen-bond acceptors (Lipinski definition) is 3. The Balaban J connectivity index is 1.82. The van der Waals surface area contributed by atoms with Crippen molar-refractivity contribution in [2.75, 3.05) is 17.4 Å². The second kappa shape index (κ2) is 5.48. The lowest BCUT2D eigenvalue weighted by Crippen LogP contribution is -2.36. The minimum absolute atomic E-state index is 0.154. The lowest BCUT2D eigenvalue weighted by Gasteiger charge is -2.28. The van der Waals surface area contributed by atoms with E-state index in [1.165, 1.54) is 11.3 Å². The van der Waals surface area contributed by atoms with Crippen LogP contribution in [0.2, 0.25) is 0 Å². The number of rotatable bonds is 3. The van der Waals surface area contributed by atoms with Gasteiger partial charge in [0, 0.05) is 24.2 Å². The predicted molar refractivity (Wildman–Crippen MR) is 95.0 cm³/mol. The van der Waals surface area contributed by atoms with Crippen LogP contribution >= 0.6 is 0 Å². The van der Waals surface area contributed by atoms with Crippen molar-refractivity contribution in [2.24, 2.45) is 5.10 Å². The first-order valence-electron chi connectivity index (χ1n) is 7.71. The van der Waals surface area contributed by atoms with Gasteiger partial charge in [-0.2, -0.15) is 5.10 Å². The lowest BCUT2D eigenvalue weighted by atomic mass is 9.81. The van der Waals surface area contributed by atoms with Crippen molar-refractivity contribution < 1.29 is 0 Å². The summed E-state index contributed by atoms with van der Waals surface area (Å²) in [4.78, 5) is 2.36. The molecule has 3 nitrogen and oxygen atoms in total. The average molecular weight is 293 g/mol. The number of para-hydroxylation sites is 1. The van der Waals surface area contributed by atoms with E-state index in [1.807, 2.05) is 36.5 Å². The van der Waals surface area contributed by atoms with Gasteiger partial charge >= 0.3 is 0 Å². The van der Waals surface area contributed by atoms with Gasteiger partial charge in [0.05, 0.1) is 11.9 Å². The highest BCUT2D eigenvalue weighted by Gasteiger charge is 2.39. The molecule has 0 spiro atoms. The molecule has 0 aromatic heterocycles. The molecule has 2 aromatic rings. The van der Waals surface area contributed by atoms with Gasteiger partial charge in [0.25, 0.3) is 0 Å². The summed E-state index contributed by atoms with van der Waals surface area (Å²) in [5.74, 6) is 0. The third kappa shape index (κ3) is 2.47. The van der Waals surface area contributed by atoms with E-state index in [0.29, 0.717) is 6.04 Å². The van der Waals surface area contributed by atoms with E-state index < -0.39 is 0 Å². The number of anilines is 2. The molecule has 0 bridgehead atoms. The molecular weight excluding hydrogens is 270 g/mol. The highest BCUT2D eigenvalue weighted by molar-refractivity contribution is 5.83. The Morgan fingerprint density at radius 2 is 1.86 bits per heavy atom. The molecule has 1 unspecified atom stereocenters. The van der Waals surface area contributed by atoms with Crippen LogP contribution in [0.5, 0.6) is 0 Å². The van der Waals surface area contributed by atoms with Crippen molar-refractivity contribution in [1.82, 2.24) is 0 Å². The zero-order chi connectivity index (χ0) is 15.7. The summed E-state index contributed by atoms with van der Waals surface area (Å²) in [6, 6.07) is 17.1. The van der Waals surface area contributed by atoms with Gasteiger partial charge in [-0.3, -0.25) is 5.43 Å². The lowest BCUT2D eigenvalue weighted by molar-refractivity contribution is 0.454. The van der Waals surface area contributed by atoms with Crippen LogP contribution in [0.1, 0.15) is 31.9 Å². The minimum Gasteiger partial charge on any atom is -0.371 e. The third-order valence-corrected chi connectivity index (χ3v) is 4.90. The van der Waals surface area contributed by atoms with Crippen LogP contribution in [-0.4, -0.2) is 19.3 Å². The number of fused-ring (bicyclic) bond motifs is 1. The molecule has 1 heterocycles. The molecule has 2 aromatic carbocycles. The molecule has 0 saturated heterocycles. The van der Waals surface area contributed by atoms with E-state index in [2.05, 4.69) is 61.4 Å². The minimum atomic E-state index is 0.154. The van der Waals surface area contributed by atoms with E-state index in [1.54, 1.807) is 0 Å². The van der Waals surface area contributed by atoms with Crippen LogP contribution in [-0.2, 0) is 5.41 Å². The van der Waals surface area contributed by atoms with Crippen LogP contribution in [0, 0.1) is 0 Å². The normalized spacial score (nSPS) is 19.5. The van der Waals surface area contributed by atoms with Crippen LogP contribution < -0.4 is 10.3 Å². The maximum atomic E-state index is 4.33. The van der Waals surface area contributed by atoms with Crippen LogP contribution in [0.3, 0.4) is 0 Å². The van der Waals surface area contributed by atoms with E-state index in [4.69, 9.17) is 0 Å². The maximum Gasteiger partial charge on any atom is 0.0561 e. The number of likely N-dealkylation sites (N-methyl/N-ethyl adjacent to an activating group) is 1. The van der Waals surface area contributed by atoms with Gasteiger partial charge in [0.1, 0.15) is 0 Å². The van der Waals surface area contributed by atoms with E-state index in [9.17, 15) is 0 Å². The first-order valence-corrected chi connectivity index (χ1v) is 7.71. The van der Waals surface area contributed by atoms with Crippen LogP contribution in [0.15, 0.2) is 53.6 Å². The quantitative estimate of drug-likeness (QED) is 0.677. The Labute approximate surface area is 132 Å². The van der Waals surface area contributed by atoms with Crippen molar-refractivity contribution in [1.29, 1.82) is 0 Å². The molecule has 3 heteroatoms. The molecule has 114 valence electrons. The average Bonchev–Trinajstić information content (AvgIpc) is 2.70. The highest BCUT2D eigenvalue weighted by Crippen LogP contribution is 2.44. The molecule has 3 rings (SSSR count). The number of hydrazone groups is 1. The summed E-state index contributed by atoms with van der Waals surface area (Å²) in [5, 5.41) is 4.33. The van der Waals surface area contributed by atoms with Gasteiger partial charge in [-0.05, 0) is 42.3 Å². The fourth-order valence-electron chi connectivity index (χ4n) is 3.07. The summed E-state index contributed by atoms with van der Waals surface area (Å²) in [6.45, 7) is 6.90. The van der Waals surface area contributed by atoms with Crippen molar-refractivity contribution >= 4 is 17.6 Å². The molecule has 0 radical (unpaired) electrons. The molecule has 0 aliphatic carbocycles. The van der Waals surface area contributed by atoms with Crippen LogP contribution in [0.4, 0.5) is 11.4 Å². The Bertz CT molecular complexity index is 689. The van der Waals surface area contributed by atoms with Gasteiger partial charge in [-0.1, -0.05) is 38.1 Å². The smallest absolute Gasteiger partial charge is 0.0561 e. The summed E-state index contributed by atoms with van der Waals surface area (Å²) < 4.78 is 0. The number of nitrogens with zero attached hydrogens (tertiary/aromatic N) is 2. The van der Waals surface area contributed by atoms with Crippen molar-refractivity contribution in [3.63, 3.8) is 0 Å². The van der Waals surface area contributed by atoms with E-state index >= 15 is 0 Å². The van der Waals surface area contributed by atoms with E-state index in [-0.39, 0.29) is 5.41 Å². The number of benzene rings is 2. The Morgan fingerprint density at radius 1 is 1.14 bits per heavy atom. The second-order valence-corrected chi connectivity index (χ2v) is 6.52. The fourth-order valence-corrected chi connectivity index (χ4v) is 3.07. The predicted octanol–water partition coefficient (Wildman–Crippen LogP) is 4.25. The Morgan fingerprint density at radius 3 is 2.59 bits per heavy atom. The van der Waals surface area contributed by atoms with Crippen molar-refractivity contribution in [2.45, 2.75) is 32.2 Å². The van der Waals surface area contributed by atoms with Crippen LogP contribution in [0.25, 0.3) is 0 Å². The number of hydrogen-bond donors (Lipinski definition) is 1. The third-order valence-electron chi connectivity index (χ3n) is 4.90. The fraction of sp³-hybridized carbons (Fsp3) is 0.316. The maximum absolute atomic E-state index is 4.33. The van der Waals surface area contributed by atoms with Gasteiger partial charge in [-0.25, -0.2) is 0 Å². The molecule has 1 aliphatic heterocycles. The summed E-state index contributed by atoms with van der Waals surface area (Å²) in [5.41, 5.74) is 8.05. The SMILES string of the molecule is CC1N(C)c2ccc(C=NNc3ccccc3)cc2C1(C)C. The van der Waals surface area contributed by atoms with Crippen molar-refractivity contribution in [3.8, 4) is 0 Å². The second-order valence-electron chi connectivity index (χ2n) is 6.52. The summed E-state index contributed by atoms with van der Waals surface area (Å²) >= 11 is 0. The molecule has 0 amide bonds. The molecule has 1 N–H and O–H groups in total. The highest BCUT2D eigenvalue weighted by atomic mass is 15.3. The summed E-state index contributed by atoms with van der Waals surface area (Å²) in [6.07, 6.45) is 1.88. The monoisotopic (exact) mass is 293 g/mol. The Kier molecular flexibility index (Phi) is 3.65. The Hall–Kier alpha value is -2.29. The topological polar surface area (TPSA) is 27.6 Å². The first-order chi connectivity index (χ1) is 10.5. The van der Waals surface area contributed by atoms with E-state index in [0.717, 1.165) is 11.3 Å². The standard InChI is InChI=1S/C19H23N3/c1-14-19(2,3)17-12-15(10-11-18(17)22(14)4)13-20-21-16-8-6-5-7-9-16/h5-14,21H,1-4H3. The van der Waals surface area contributed by atoms with Gasteiger partial charge in [0.15, 0.2) is 0 Å². The van der Waals surface area contributed by atoms with Gasteiger partial charge in [0.2, 0.25) is 0 Å². The van der Waals surface area contributed by atoms with Gasteiger partial charge in [-0.15, -0.1) is 0 Å². The molecule has 22 heavy (non-hydrogen) atoms. The number of nitrogens with one attached hydrogen (secondary N) is 1. The zero-order valence-electron chi connectivity index (χ0n) is 13.7. The summed E-state index contributed by atoms with van der Waals surface area (Å²) in [7, 11) is 2.17. The zero-order valence-corrected chi connectivity index (χ0v) is 13.7. The van der Waals surface area contributed by atoms with Crippen molar-refractivity contribution in [3.05, 3.63) is 59.7 Å². The first kappa shape index (κ1) is 14.6. The van der Waals surface area contributed by atoms with Gasteiger partial charge < -0.3 is 4.90 Å². The molecule has 1 atom stereocenters. The molecule has 0 saturated carbocycles.